The molecule has 1 amide bonds. The quantitative estimate of drug-likeness (QED) is 0.504. The minimum Gasteiger partial charge on any atom is -0.463 e. The van der Waals surface area contributed by atoms with Crippen molar-refractivity contribution < 1.29 is 14.3 Å². The Kier molecular flexibility index (Phi) is 9.05. The monoisotopic (exact) mass is 372 g/mol. The first-order valence-corrected chi connectivity index (χ1v) is 10.1. The van der Waals surface area contributed by atoms with Crippen molar-refractivity contribution in [2.24, 2.45) is 5.92 Å². The third-order valence-corrected chi connectivity index (χ3v) is 4.99. The van der Waals surface area contributed by atoms with Gasteiger partial charge in [-0.2, -0.15) is 0 Å². The van der Waals surface area contributed by atoms with Crippen molar-refractivity contribution >= 4 is 17.6 Å². The molecule has 0 bridgehead atoms. The number of esters is 1. The lowest BCUT2D eigenvalue weighted by Crippen LogP contribution is -2.29. The molecule has 0 saturated heterocycles. The van der Waals surface area contributed by atoms with Crippen molar-refractivity contribution in [3.63, 3.8) is 0 Å². The summed E-state index contributed by atoms with van der Waals surface area (Å²) in [6.07, 6.45) is 10.4. The summed E-state index contributed by atoms with van der Waals surface area (Å²) in [6, 6.07) is 8.18. The normalized spacial score (nSPS) is 16.2. The number of carbonyl (C=O) groups is 2. The van der Waals surface area contributed by atoms with Gasteiger partial charge in [0.05, 0.1) is 6.61 Å². The van der Waals surface area contributed by atoms with Crippen LogP contribution < -0.4 is 10.6 Å². The molecular weight excluding hydrogens is 340 g/mol. The predicted octanol–water partition coefficient (Wildman–Crippen LogP) is 4.19. The van der Waals surface area contributed by atoms with Crippen LogP contribution in [0, 0.1) is 5.92 Å². The second kappa shape index (κ2) is 11.5. The van der Waals surface area contributed by atoms with E-state index in [4.69, 9.17) is 4.74 Å². The van der Waals surface area contributed by atoms with E-state index in [-0.39, 0.29) is 5.91 Å². The molecule has 0 aromatic heterocycles. The highest BCUT2D eigenvalue weighted by Crippen LogP contribution is 2.27. The Balaban J connectivity index is 1.85. The van der Waals surface area contributed by atoms with Gasteiger partial charge in [0.25, 0.3) is 0 Å². The summed E-state index contributed by atoms with van der Waals surface area (Å²) in [5, 5.41) is 6.42. The largest absolute Gasteiger partial charge is 0.463 e. The van der Waals surface area contributed by atoms with Crippen LogP contribution in [0.25, 0.3) is 0 Å². The van der Waals surface area contributed by atoms with Gasteiger partial charge in [-0.3, -0.25) is 4.79 Å². The molecule has 1 aliphatic rings. The summed E-state index contributed by atoms with van der Waals surface area (Å²) < 4.78 is 4.78. The average molecular weight is 373 g/mol. The first-order valence-electron chi connectivity index (χ1n) is 10.1. The van der Waals surface area contributed by atoms with E-state index in [0.29, 0.717) is 19.2 Å². The Bertz CT molecular complexity index is 636. The molecule has 1 fully saturated rings. The van der Waals surface area contributed by atoms with Crippen molar-refractivity contribution in [2.45, 2.75) is 65.0 Å². The number of amides is 1. The first-order chi connectivity index (χ1) is 13.1. The molecule has 0 spiro atoms. The van der Waals surface area contributed by atoms with Gasteiger partial charge in [-0.05, 0) is 37.8 Å². The second-order valence-corrected chi connectivity index (χ2v) is 7.25. The molecule has 1 aliphatic carbocycles. The number of nitrogens with one attached hydrogen (secondary N) is 2. The number of ether oxygens (including phenoxy) is 1. The Hall–Kier alpha value is -2.14. The molecule has 0 radical (unpaired) electrons. The zero-order valence-corrected chi connectivity index (χ0v) is 16.5. The number of anilines is 1. The second-order valence-electron chi connectivity index (χ2n) is 7.25. The maximum atomic E-state index is 12.0. The van der Waals surface area contributed by atoms with Crippen molar-refractivity contribution in [3.05, 3.63) is 42.0 Å². The van der Waals surface area contributed by atoms with Crippen LogP contribution in [0.3, 0.4) is 0 Å². The maximum Gasteiger partial charge on any atom is 0.330 e. The van der Waals surface area contributed by atoms with E-state index >= 15 is 0 Å². The van der Waals surface area contributed by atoms with Crippen LogP contribution in [0.2, 0.25) is 0 Å². The molecule has 2 N–H and O–H groups in total. The molecule has 5 heteroatoms. The van der Waals surface area contributed by atoms with Crippen molar-refractivity contribution in [1.82, 2.24) is 5.32 Å². The van der Waals surface area contributed by atoms with E-state index in [9.17, 15) is 9.59 Å². The van der Waals surface area contributed by atoms with Crippen LogP contribution in [0.4, 0.5) is 5.69 Å². The highest BCUT2D eigenvalue weighted by molar-refractivity contribution is 6.02. The highest BCUT2D eigenvalue weighted by Gasteiger charge is 2.16. The lowest BCUT2D eigenvalue weighted by atomic mass is 9.85. The summed E-state index contributed by atoms with van der Waals surface area (Å²) in [4.78, 5) is 23.4. The zero-order chi connectivity index (χ0) is 19.5. The van der Waals surface area contributed by atoms with Crippen LogP contribution in [0.5, 0.6) is 0 Å². The van der Waals surface area contributed by atoms with E-state index in [0.717, 1.165) is 23.2 Å². The number of para-hydroxylation sites is 1. The molecular formula is C22H32N2O3. The molecule has 148 valence electrons. The van der Waals surface area contributed by atoms with Gasteiger partial charge in [0.15, 0.2) is 0 Å². The summed E-state index contributed by atoms with van der Waals surface area (Å²) in [7, 11) is 0. The van der Waals surface area contributed by atoms with Crippen LogP contribution in [-0.2, 0) is 20.9 Å². The van der Waals surface area contributed by atoms with Gasteiger partial charge in [0.1, 0.15) is 0 Å². The van der Waals surface area contributed by atoms with E-state index in [2.05, 4.69) is 17.6 Å². The number of benzene rings is 1. The molecule has 2 rings (SSSR count). The van der Waals surface area contributed by atoms with Crippen molar-refractivity contribution in [1.29, 1.82) is 0 Å². The molecule has 1 saturated carbocycles. The molecule has 1 aromatic carbocycles. The van der Waals surface area contributed by atoms with E-state index < -0.39 is 5.97 Å². The lowest BCUT2D eigenvalue weighted by Gasteiger charge is -2.25. The molecule has 1 aromatic rings. The third kappa shape index (κ3) is 7.95. The van der Waals surface area contributed by atoms with Crippen molar-refractivity contribution in [2.75, 3.05) is 11.9 Å². The Morgan fingerprint density at radius 1 is 1.19 bits per heavy atom. The van der Waals surface area contributed by atoms with Crippen LogP contribution >= 0.6 is 0 Å². The molecule has 1 atom stereocenters. The molecule has 0 unspecified atom stereocenters. The number of carbonyl (C=O) groups excluding carboxylic acids is 2. The van der Waals surface area contributed by atoms with E-state index in [1.165, 1.54) is 44.6 Å². The topological polar surface area (TPSA) is 67.4 Å². The lowest BCUT2D eigenvalue weighted by molar-refractivity contribution is -0.137. The van der Waals surface area contributed by atoms with Crippen LogP contribution in [0.1, 0.15) is 57.9 Å². The molecule has 5 nitrogen and oxygen atoms in total. The number of hydrogen-bond acceptors (Lipinski definition) is 4. The average Bonchev–Trinajstić information content (AvgIpc) is 2.67. The van der Waals surface area contributed by atoms with Gasteiger partial charge in [-0.15, -0.1) is 0 Å². The summed E-state index contributed by atoms with van der Waals surface area (Å²) in [5.74, 6) is -0.0193. The van der Waals surface area contributed by atoms with E-state index in [1.807, 2.05) is 24.3 Å². The molecule has 0 aliphatic heterocycles. The fourth-order valence-electron chi connectivity index (χ4n) is 3.60. The molecule has 27 heavy (non-hydrogen) atoms. The van der Waals surface area contributed by atoms with Crippen LogP contribution in [-0.4, -0.2) is 24.5 Å². The third-order valence-electron chi connectivity index (χ3n) is 4.99. The molecule has 0 heterocycles. The van der Waals surface area contributed by atoms with Gasteiger partial charge in [-0.1, -0.05) is 50.3 Å². The highest BCUT2D eigenvalue weighted by atomic mass is 16.5. The number of rotatable bonds is 9. The van der Waals surface area contributed by atoms with Crippen LogP contribution in [0.15, 0.2) is 36.4 Å². The van der Waals surface area contributed by atoms with E-state index in [1.54, 1.807) is 6.92 Å². The van der Waals surface area contributed by atoms with Gasteiger partial charge in [0, 0.05) is 30.4 Å². The minimum atomic E-state index is -0.515. The van der Waals surface area contributed by atoms with Crippen molar-refractivity contribution in [3.8, 4) is 0 Å². The SMILES string of the molecule is CCOC(=O)/C=C\C(=O)Nc1ccccc1CN[C@@H](C)CC1CCCCC1. The predicted molar refractivity (Wildman–Crippen MR) is 108 cm³/mol. The Morgan fingerprint density at radius 3 is 2.67 bits per heavy atom. The zero-order valence-electron chi connectivity index (χ0n) is 16.5. The number of hydrogen-bond donors (Lipinski definition) is 2. The minimum absolute atomic E-state index is 0.290. The van der Waals surface area contributed by atoms with Gasteiger partial charge >= 0.3 is 5.97 Å². The summed E-state index contributed by atoms with van der Waals surface area (Å²) in [5.41, 5.74) is 1.79. The Morgan fingerprint density at radius 2 is 1.93 bits per heavy atom. The first kappa shape index (κ1) is 21.2. The smallest absolute Gasteiger partial charge is 0.330 e. The van der Waals surface area contributed by atoms with Gasteiger partial charge in [0.2, 0.25) is 5.91 Å². The van der Waals surface area contributed by atoms with Gasteiger partial charge < -0.3 is 15.4 Å². The Labute approximate surface area is 162 Å². The van der Waals surface area contributed by atoms with Gasteiger partial charge in [-0.25, -0.2) is 4.79 Å². The standard InChI is InChI=1S/C22H32N2O3/c1-3-27-22(26)14-13-21(25)24-20-12-8-7-11-19(20)16-23-17(2)15-18-9-5-4-6-10-18/h7-8,11-14,17-18,23H,3-6,9-10,15-16H2,1-2H3,(H,24,25)/b14-13-/t17-/m0/s1. The summed E-state index contributed by atoms with van der Waals surface area (Å²) >= 11 is 0. The maximum absolute atomic E-state index is 12.0. The fourth-order valence-corrected chi connectivity index (χ4v) is 3.60. The fraction of sp³-hybridized carbons (Fsp3) is 0.545. The summed E-state index contributed by atoms with van der Waals surface area (Å²) in [6.45, 7) is 4.95.